The molecule has 34 heavy (non-hydrogen) atoms. The Bertz CT molecular complexity index is 1150. The Morgan fingerprint density at radius 2 is 1.76 bits per heavy atom. The maximum Gasteiger partial charge on any atom is 0.254 e. The van der Waals surface area contributed by atoms with Crippen molar-refractivity contribution in [2.75, 3.05) is 18.4 Å². The van der Waals surface area contributed by atoms with Gasteiger partial charge in [-0.05, 0) is 49.1 Å². The lowest BCUT2D eigenvalue weighted by Crippen LogP contribution is -2.39. The van der Waals surface area contributed by atoms with Gasteiger partial charge in [-0.25, -0.2) is 4.98 Å². The van der Waals surface area contributed by atoms with E-state index < -0.39 is 0 Å². The average Bonchev–Trinajstić information content (AvgIpc) is 3.58. The highest BCUT2D eigenvalue weighted by Crippen LogP contribution is 2.28. The minimum Gasteiger partial charge on any atom is -0.355 e. The zero-order valence-corrected chi connectivity index (χ0v) is 20.1. The van der Waals surface area contributed by atoms with Crippen molar-refractivity contribution in [2.45, 2.75) is 31.7 Å². The molecule has 7 nitrogen and oxygen atoms in total. The standard InChI is InChI=1S/C25H25ClN4O3S/c26-19-8-6-18(7-9-19)24(33)30(21-10-11-21)15-23(32)29-25-28-20(16-34-25)14-22(31)27-13-12-17-4-2-1-3-5-17/h1-9,16,21H,10-15H2,(H,27,31)(H,28,29,32). The number of nitrogens with one attached hydrogen (secondary N) is 2. The van der Waals surface area contributed by atoms with E-state index in [2.05, 4.69) is 15.6 Å². The lowest BCUT2D eigenvalue weighted by atomic mass is 10.1. The molecule has 1 heterocycles. The first-order valence-corrected chi connectivity index (χ1v) is 12.3. The van der Waals surface area contributed by atoms with Crippen LogP contribution in [0.15, 0.2) is 60.0 Å². The summed E-state index contributed by atoms with van der Waals surface area (Å²) < 4.78 is 0. The van der Waals surface area contributed by atoms with E-state index in [9.17, 15) is 14.4 Å². The number of rotatable bonds is 10. The number of aromatic nitrogens is 1. The summed E-state index contributed by atoms with van der Waals surface area (Å²) in [5, 5.41) is 8.36. The summed E-state index contributed by atoms with van der Waals surface area (Å²) in [6.45, 7) is 0.496. The van der Waals surface area contributed by atoms with Gasteiger partial charge in [0.15, 0.2) is 5.13 Å². The van der Waals surface area contributed by atoms with E-state index in [1.807, 2.05) is 30.3 Å². The fraction of sp³-hybridized carbons (Fsp3) is 0.280. The van der Waals surface area contributed by atoms with Gasteiger partial charge >= 0.3 is 0 Å². The smallest absolute Gasteiger partial charge is 0.254 e. The first-order valence-electron chi connectivity index (χ1n) is 11.1. The Morgan fingerprint density at radius 3 is 2.47 bits per heavy atom. The molecule has 2 aromatic carbocycles. The van der Waals surface area contributed by atoms with E-state index in [4.69, 9.17) is 11.6 Å². The second-order valence-electron chi connectivity index (χ2n) is 8.13. The summed E-state index contributed by atoms with van der Waals surface area (Å²) >= 11 is 7.17. The number of amides is 3. The van der Waals surface area contributed by atoms with Gasteiger partial charge in [-0.15, -0.1) is 11.3 Å². The molecule has 0 atom stereocenters. The topological polar surface area (TPSA) is 91.4 Å². The molecule has 3 aromatic rings. The Kier molecular flexibility index (Phi) is 7.92. The molecule has 0 spiro atoms. The van der Waals surface area contributed by atoms with Crippen LogP contribution in [0.4, 0.5) is 5.13 Å². The van der Waals surface area contributed by atoms with Crippen molar-refractivity contribution >= 4 is 45.8 Å². The number of carbonyl (C=O) groups is 3. The molecule has 3 amide bonds. The molecule has 0 bridgehead atoms. The molecule has 0 radical (unpaired) electrons. The fourth-order valence-electron chi connectivity index (χ4n) is 3.49. The highest BCUT2D eigenvalue weighted by Gasteiger charge is 2.34. The molecular weight excluding hydrogens is 472 g/mol. The number of hydrogen-bond donors (Lipinski definition) is 2. The molecular formula is C25H25ClN4O3S. The first-order chi connectivity index (χ1) is 16.5. The normalized spacial score (nSPS) is 12.7. The fourth-order valence-corrected chi connectivity index (χ4v) is 4.34. The number of anilines is 1. The van der Waals surface area contributed by atoms with Crippen molar-refractivity contribution in [3.05, 3.63) is 81.8 Å². The molecule has 1 fully saturated rings. The van der Waals surface area contributed by atoms with Gasteiger partial charge in [-0.2, -0.15) is 0 Å². The third-order valence-electron chi connectivity index (χ3n) is 5.37. The van der Waals surface area contributed by atoms with Gasteiger partial charge in [0.05, 0.1) is 12.1 Å². The quantitative estimate of drug-likeness (QED) is 0.444. The summed E-state index contributed by atoms with van der Waals surface area (Å²) in [5.41, 5.74) is 2.25. The van der Waals surface area contributed by atoms with Crippen LogP contribution in [0.2, 0.25) is 5.02 Å². The van der Waals surface area contributed by atoms with Gasteiger partial charge in [0, 0.05) is 28.6 Å². The van der Waals surface area contributed by atoms with Crippen LogP contribution in [0.3, 0.4) is 0 Å². The van der Waals surface area contributed by atoms with Gasteiger partial charge in [-0.1, -0.05) is 41.9 Å². The molecule has 9 heteroatoms. The van der Waals surface area contributed by atoms with Crippen LogP contribution in [0.1, 0.15) is 34.5 Å². The predicted molar refractivity (Wildman–Crippen MR) is 133 cm³/mol. The van der Waals surface area contributed by atoms with Gasteiger partial charge in [-0.3, -0.25) is 14.4 Å². The van der Waals surface area contributed by atoms with E-state index in [0.29, 0.717) is 28.0 Å². The Labute approximate surface area is 207 Å². The van der Waals surface area contributed by atoms with E-state index in [1.54, 1.807) is 34.5 Å². The predicted octanol–water partition coefficient (Wildman–Crippen LogP) is 3.94. The van der Waals surface area contributed by atoms with Crippen molar-refractivity contribution in [1.29, 1.82) is 0 Å². The number of benzene rings is 2. The van der Waals surface area contributed by atoms with E-state index in [-0.39, 0.29) is 36.7 Å². The maximum atomic E-state index is 12.9. The van der Waals surface area contributed by atoms with Gasteiger partial charge in [0.25, 0.3) is 5.91 Å². The second kappa shape index (κ2) is 11.3. The summed E-state index contributed by atoms with van der Waals surface area (Å²) in [4.78, 5) is 43.6. The van der Waals surface area contributed by atoms with E-state index >= 15 is 0 Å². The third-order valence-corrected chi connectivity index (χ3v) is 6.43. The average molecular weight is 497 g/mol. The van der Waals surface area contributed by atoms with Crippen LogP contribution in [-0.4, -0.2) is 46.7 Å². The largest absolute Gasteiger partial charge is 0.355 e. The van der Waals surface area contributed by atoms with Gasteiger partial charge in [0.2, 0.25) is 11.8 Å². The van der Waals surface area contributed by atoms with Gasteiger partial charge in [0.1, 0.15) is 6.54 Å². The van der Waals surface area contributed by atoms with Gasteiger partial charge < -0.3 is 15.5 Å². The molecule has 176 valence electrons. The van der Waals surface area contributed by atoms with E-state index in [0.717, 1.165) is 24.8 Å². The maximum absolute atomic E-state index is 12.9. The van der Waals surface area contributed by atoms with Crippen molar-refractivity contribution in [3.8, 4) is 0 Å². The molecule has 1 aliphatic carbocycles. The van der Waals surface area contributed by atoms with Crippen LogP contribution >= 0.6 is 22.9 Å². The molecule has 2 N–H and O–H groups in total. The minimum atomic E-state index is -0.317. The highest BCUT2D eigenvalue weighted by molar-refractivity contribution is 7.13. The molecule has 0 aliphatic heterocycles. The number of thiazole rings is 1. The highest BCUT2D eigenvalue weighted by atomic mass is 35.5. The molecule has 1 aromatic heterocycles. The Balaban J connectivity index is 1.25. The van der Waals surface area contributed by atoms with E-state index in [1.165, 1.54) is 11.3 Å². The van der Waals surface area contributed by atoms with Crippen molar-refractivity contribution in [1.82, 2.24) is 15.2 Å². The summed E-state index contributed by atoms with van der Waals surface area (Å²) in [6, 6.07) is 16.7. The molecule has 0 saturated heterocycles. The monoisotopic (exact) mass is 496 g/mol. The van der Waals surface area contributed by atoms with Crippen LogP contribution in [0, 0.1) is 0 Å². The Morgan fingerprint density at radius 1 is 1.03 bits per heavy atom. The summed E-state index contributed by atoms with van der Waals surface area (Å²) in [6.07, 6.45) is 2.67. The van der Waals surface area contributed by atoms with Crippen molar-refractivity contribution in [3.63, 3.8) is 0 Å². The minimum absolute atomic E-state index is 0.0546. The summed E-state index contributed by atoms with van der Waals surface area (Å²) in [7, 11) is 0. The van der Waals surface area contributed by atoms with Crippen LogP contribution < -0.4 is 10.6 Å². The van der Waals surface area contributed by atoms with Crippen molar-refractivity contribution < 1.29 is 14.4 Å². The number of hydrogen-bond acceptors (Lipinski definition) is 5. The number of halogens is 1. The summed E-state index contributed by atoms with van der Waals surface area (Å²) in [5.74, 6) is -0.628. The van der Waals surface area contributed by atoms with Crippen molar-refractivity contribution in [2.24, 2.45) is 0 Å². The number of nitrogens with zero attached hydrogens (tertiary/aromatic N) is 2. The van der Waals surface area contributed by atoms with Crippen LogP contribution in [0.25, 0.3) is 0 Å². The van der Waals surface area contributed by atoms with Crippen LogP contribution in [0.5, 0.6) is 0 Å². The SMILES string of the molecule is O=C(Cc1csc(NC(=O)CN(C(=O)c2ccc(Cl)cc2)C2CC2)n1)NCCc1ccccc1. The molecule has 4 rings (SSSR count). The first kappa shape index (κ1) is 23.9. The molecule has 1 aliphatic rings. The zero-order valence-electron chi connectivity index (χ0n) is 18.5. The molecule has 0 unspecified atom stereocenters. The van der Waals surface area contributed by atoms with Crippen LogP contribution in [-0.2, 0) is 22.4 Å². The third kappa shape index (κ3) is 6.88. The Hall–Kier alpha value is -3.23. The lowest BCUT2D eigenvalue weighted by Gasteiger charge is -2.21. The molecule has 1 saturated carbocycles. The zero-order chi connectivity index (χ0) is 23.9. The number of carbonyl (C=O) groups excluding carboxylic acids is 3. The lowest BCUT2D eigenvalue weighted by molar-refractivity contribution is -0.120. The second-order valence-corrected chi connectivity index (χ2v) is 9.42.